The van der Waals surface area contributed by atoms with Gasteiger partial charge in [0.2, 0.25) is 0 Å². The maximum atomic E-state index is 9.21. The van der Waals surface area contributed by atoms with Crippen LogP contribution in [0.5, 0.6) is 0 Å². The van der Waals surface area contributed by atoms with Gasteiger partial charge >= 0.3 is 0 Å². The molecule has 0 aromatic carbocycles. The van der Waals surface area contributed by atoms with Crippen molar-refractivity contribution in [1.29, 1.82) is 0 Å². The number of aliphatic hydroxyl groups is 1. The number of β-amino-alcohol motifs (C(OH)–C–C–N with tert-alkyl or cyclic N) is 1. The molecule has 2 aliphatic rings. The van der Waals surface area contributed by atoms with Crippen LogP contribution in [0.4, 0.5) is 0 Å². The summed E-state index contributed by atoms with van der Waals surface area (Å²) >= 11 is 0. The molecule has 3 heteroatoms. The maximum Gasteiger partial charge on any atom is 0.0639 e. The number of aliphatic hydroxyl groups excluding tert-OH is 1. The van der Waals surface area contributed by atoms with Crippen LogP contribution in [-0.2, 0) is 4.74 Å². The maximum absolute atomic E-state index is 9.21. The lowest BCUT2D eigenvalue weighted by Gasteiger charge is -2.52. The van der Waals surface area contributed by atoms with Gasteiger partial charge in [0.1, 0.15) is 0 Å². The average molecular weight is 185 g/mol. The lowest BCUT2D eigenvalue weighted by molar-refractivity contribution is -0.0898. The van der Waals surface area contributed by atoms with E-state index in [-0.39, 0.29) is 6.10 Å². The Kier molecular flexibility index (Phi) is 2.58. The molecule has 0 aromatic heterocycles. The predicted octanol–water partition coefficient (Wildman–Crippen LogP) is 0.480. The summed E-state index contributed by atoms with van der Waals surface area (Å²) in [6, 6.07) is 0. The first-order valence-corrected chi connectivity index (χ1v) is 5.18. The zero-order valence-electron chi connectivity index (χ0n) is 8.33. The summed E-state index contributed by atoms with van der Waals surface area (Å²) in [6.45, 7) is 6.89. The normalized spacial score (nSPS) is 30.0. The molecule has 2 rings (SSSR count). The van der Waals surface area contributed by atoms with Crippen LogP contribution in [0.3, 0.4) is 0 Å². The summed E-state index contributed by atoms with van der Waals surface area (Å²) in [5.41, 5.74) is 0.549. The van der Waals surface area contributed by atoms with Crippen molar-refractivity contribution in [3.8, 4) is 0 Å². The molecule has 1 spiro atoms. The average Bonchev–Trinajstić information content (AvgIpc) is 2.02. The Bertz CT molecular complexity index is 168. The summed E-state index contributed by atoms with van der Waals surface area (Å²) in [4.78, 5) is 2.34. The number of ether oxygens (including phenoxy) is 1. The van der Waals surface area contributed by atoms with Crippen LogP contribution in [-0.4, -0.2) is 49.0 Å². The molecule has 2 saturated heterocycles. The summed E-state index contributed by atoms with van der Waals surface area (Å²) in [5.74, 6) is 0. The van der Waals surface area contributed by atoms with Gasteiger partial charge in [0.15, 0.2) is 0 Å². The molecule has 13 heavy (non-hydrogen) atoms. The minimum atomic E-state index is -0.183. The predicted molar refractivity (Wildman–Crippen MR) is 50.6 cm³/mol. The van der Waals surface area contributed by atoms with Crippen LogP contribution in [0, 0.1) is 5.41 Å². The van der Waals surface area contributed by atoms with E-state index in [1.54, 1.807) is 0 Å². The highest BCUT2D eigenvalue weighted by Gasteiger charge is 2.43. The highest BCUT2D eigenvalue weighted by molar-refractivity contribution is 4.96. The van der Waals surface area contributed by atoms with Gasteiger partial charge in [-0.2, -0.15) is 0 Å². The van der Waals surface area contributed by atoms with Gasteiger partial charge in [-0.05, 0) is 19.8 Å². The van der Waals surface area contributed by atoms with Crippen molar-refractivity contribution in [2.45, 2.75) is 25.9 Å². The SMILES string of the molecule is CC(O)CN1CC2(CCOCC2)C1. The Hall–Kier alpha value is -0.120. The molecule has 0 bridgehead atoms. The zero-order valence-corrected chi connectivity index (χ0v) is 8.33. The Morgan fingerprint density at radius 1 is 1.38 bits per heavy atom. The first-order valence-electron chi connectivity index (χ1n) is 5.18. The summed E-state index contributed by atoms with van der Waals surface area (Å²) in [7, 11) is 0. The molecule has 1 unspecified atom stereocenters. The zero-order chi connectivity index (χ0) is 9.31. The van der Waals surface area contributed by atoms with E-state index < -0.39 is 0 Å². The number of hydrogen-bond donors (Lipinski definition) is 1. The van der Waals surface area contributed by atoms with Crippen molar-refractivity contribution in [2.24, 2.45) is 5.41 Å². The monoisotopic (exact) mass is 185 g/mol. The molecule has 0 saturated carbocycles. The Morgan fingerprint density at radius 2 is 2.00 bits per heavy atom. The Morgan fingerprint density at radius 3 is 2.54 bits per heavy atom. The number of likely N-dealkylation sites (tertiary alicyclic amines) is 1. The summed E-state index contributed by atoms with van der Waals surface area (Å²) in [6.07, 6.45) is 2.24. The molecule has 3 nitrogen and oxygen atoms in total. The molecule has 2 aliphatic heterocycles. The van der Waals surface area contributed by atoms with E-state index in [1.807, 2.05) is 6.92 Å². The van der Waals surface area contributed by atoms with Crippen molar-refractivity contribution < 1.29 is 9.84 Å². The first kappa shape index (κ1) is 9.44. The van der Waals surface area contributed by atoms with Crippen molar-refractivity contribution in [3.05, 3.63) is 0 Å². The van der Waals surface area contributed by atoms with E-state index in [0.717, 1.165) is 19.8 Å². The van der Waals surface area contributed by atoms with E-state index in [9.17, 15) is 5.11 Å². The first-order chi connectivity index (χ1) is 6.20. The van der Waals surface area contributed by atoms with Crippen LogP contribution < -0.4 is 0 Å². The van der Waals surface area contributed by atoms with Gasteiger partial charge in [-0.1, -0.05) is 0 Å². The highest BCUT2D eigenvalue weighted by Crippen LogP contribution is 2.39. The van der Waals surface area contributed by atoms with Crippen LogP contribution in [0.15, 0.2) is 0 Å². The second kappa shape index (κ2) is 3.56. The largest absolute Gasteiger partial charge is 0.392 e. The van der Waals surface area contributed by atoms with Crippen LogP contribution >= 0.6 is 0 Å². The fourth-order valence-electron chi connectivity index (χ4n) is 2.53. The van der Waals surface area contributed by atoms with E-state index >= 15 is 0 Å². The number of rotatable bonds is 2. The smallest absolute Gasteiger partial charge is 0.0639 e. The van der Waals surface area contributed by atoms with E-state index in [1.165, 1.54) is 25.9 Å². The van der Waals surface area contributed by atoms with E-state index in [0.29, 0.717) is 5.41 Å². The van der Waals surface area contributed by atoms with Crippen LogP contribution in [0.1, 0.15) is 19.8 Å². The van der Waals surface area contributed by atoms with Crippen molar-refractivity contribution in [2.75, 3.05) is 32.8 Å². The van der Waals surface area contributed by atoms with Gasteiger partial charge in [-0.3, -0.25) is 4.90 Å². The fraction of sp³-hybridized carbons (Fsp3) is 1.00. The third-order valence-electron chi connectivity index (χ3n) is 3.19. The van der Waals surface area contributed by atoms with E-state index in [2.05, 4.69) is 4.90 Å². The minimum Gasteiger partial charge on any atom is -0.392 e. The molecule has 1 N–H and O–H groups in total. The Labute approximate surface area is 79.7 Å². The third-order valence-corrected chi connectivity index (χ3v) is 3.19. The number of hydrogen-bond acceptors (Lipinski definition) is 3. The quantitative estimate of drug-likeness (QED) is 0.679. The van der Waals surface area contributed by atoms with Crippen molar-refractivity contribution in [3.63, 3.8) is 0 Å². The number of nitrogens with zero attached hydrogens (tertiary/aromatic N) is 1. The van der Waals surface area contributed by atoms with Gasteiger partial charge in [-0.25, -0.2) is 0 Å². The lowest BCUT2D eigenvalue weighted by atomic mass is 9.73. The molecule has 1 atom stereocenters. The molecule has 0 amide bonds. The van der Waals surface area contributed by atoms with Gasteiger partial charge in [0, 0.05) is 38.3 Å². The Balaban J connectivity index is 1.75. The van der Waals surface area contributed by atoms with Crippen LogP contribution in [0.2, 0.25) is 0 Å². The second-order valence-electron chi connectivity index (χ2n) is 4.63. The van der Waals surface area contributed by atoms with Crippen molar-refractivity contribution in [1.82, 2.24) is 4.90 Å². The molecule has 76 valence electrons. The molecule has 2 fully saturated rings. The van der Waals surface area contributed by atoms with Gasteiger partial charge in [0.25, 0.3) is 0 Å². The topological polar surface area (TPSA) is 32.7 Å². The molecule has 2 heterocycles. The lowest BCUT2D eigenvalue weighted by Crippen LogP contribution is -2.59. The second-order valence-corrected chi connectivity index (χ2v) is 4.63. The highest BCUT2D eigenvalue weighted by atomic mass is 16.5. The molecule has 0 radical (unpaired) electrons. The summed E-state index contributed by atoms with van der Waals surface area (Å²) < 4.78 is 5.35. The molecule has 0 aromatic rings. The molecular formula is C10H19NO2. The minimum absolute atomic E-state index is 0.183. The standard InChI is InChI=1S/C10H19NO2/c1-9(12)6-11-7-10(8-11)2-4-13-5-3-10/h9,12H,2-8H2,1H3. The van der Waals surface area contributed by atoms with Crippen LogP contribution in [0.25, 0.3) is 0 Å². The third kappa shape index (κ3) is 2.03. The fourth-order valence-corrected chi connectivity index (χ4v) is 2.53. The van der Waals surface area contributed by atoms with Gasteiger partial charge in [0.05, 0.1) is 6.10 Å². The molecule has 0 aliphatic carbocycles. The van der Waals surface area contributed by atoms with E-state index in [4.69, 9.17) is 4.74 Å². The van der Waals surface area contributed by atoms with Gasteiger partial charge in [-0.15, -0.1) is 0 Å². The van der Waals surface area contributed by atoms with Crippen molar-refractivity contribution >= 4 is 0 Å². The van der Waals surface area contributed by atoms with Gasteiger partial charge < -0.3 is 9.84 Å². The summed E-state index contributed by atoms with van der Waals surface area (Å²) in [5, 5.41) is 9.21. The molecular weight excluding hydrogens is 166 g/mol.